The maximum atomic E-state index is 14.4. The van der Waals surface area contributed by atoms with E-state index >= 15 is 0 Å². The highest BCUT2D eigenvalue weighted by atomic mass is 16.5. The average molecular weight is 671 g/mol. The Morgan fingerprint density at radius 1 is 1.08 bits per heavy atom. The number of likely N-dealkylation sites (N-methyl/N-ethyl adjacent to an activating group) is 1. The number of anilines is 2. The average Bonchev–Trinajstić information content (AvgIpc) is 3.38. The van der Waals surface area contributed by atoms with Crippen molar-refractivity contribution in [2.24, 2.45) is 5.92 Å². The van der Waals surface area contributed by atoms with Crippen molar-refractivity contribution in [3.63, 3.8) is 0 Å². The zero-order valence-corrected chi connectivity index (χ0v) is 29.3. The Bertz CT molecular complexity index is 1360. The number of aliphatic hydroxyl groups is 1. The molecule has 2 heterocycles. The van der Waals surface area contributed by atoms with Gasteiger partial charge in [0.1, 0.15) is 17.1 Å². The number of rotatable bonds is 7. The lowest BCUT2D eigenvalue weighted by atomic mass is 9.96. The van der Waals surface area contributed by atoms with Crippen LogP contribution in [0.5, 0.6) is 5.75 Å². The smallest absolute Gasteiger partial charge is 0.323 e. The molecule has 13 nitrogen and oxygen atoms in total. The van der Waals surface area contributed by atoms with Crippen molar-refractivity contribution in [3.8, 4) is 5.75 Å². The number of carbonyl (C=O) groups excluding carboxylic acids is 3. The van der Waals surface area contributed by atoms with E-state index in [9.17, 15) is 19.5 Å². The number of aromatic nitrogens is 1. The molecule has 0 bridgehead atoms. The van der Waals surface area contributed by atoms with E-state index < -0.39 is 12.1 Å². The van der Waals surface area contributed by atoms with Crippen LogP contribution in [0.4, 0.5) is 21.0 Å². The van der Waals surface area contributed by atoms with Crippen LogP contribution in [0.25, 0.3) is 0 Å². The maximum absolute atomic E-state index is 14.4. The molecule has 13 heteroatoms. The van der Waals surface area contributed by atoms with E-state index in [1.54, 1.807) is 55.8 Å². The molecule has 48 heavy (non-hydrogen) atoms. The molecule has 0 radical (unpaired) electrons. The van der Waals surface area contributed by atoms with Gasteiger partial charge in [0.25, 0.3) is 5.91 Å². The van der Waals surface area contributed by atoms with Gasteiger partial charge in [-0.3, -0.25) is 4.79 Å². The molecule has 4 rings (SSSR count). The van der Waals surface area contributed by atoms with Crippen LogP contribution in [0.2, 0.25) is 0 Å². The number of hydrogen-bond acceptors (Lipinski definition) is 8. The van der Waals surface area contributed by atoms with Crippen LogP contribution < -0.4 is 20.7 Å². The molecule has 1 aliphatic carbocycles. The van der Waals surface area contributed by atoms with Crippen molar-refractivity contribution in [1.82, 2.24) is 20.3 Å². The first-order chi connectivity index (χ1) is 23.0. The van der Waals surface area contributed by atoms with Gasteiger partial charge in [-0.25, -0.2) is 9.59 Å². The number of nitrogens with one attached hydrogen (secondary N) is 3. The molecule has 1 saturated carbocycles. The van der Waals surface area contributed by atoms with E-state index in [1.165, 1.54) is 6.42 Å². The van der Waals surface area contributed by atoms with Crippen LogP contribution in [-0.4, -0.2) is 95.7 Å². The molecule has 0 saturated heterocycles. The third-order valence-corrected chi connectivity index (χ3v) is 9.31. The molecule has 266 valence electrons. The summed E-state index contributed by atoms with van der Waals surface area (Å²) in [5.41, 5.74) is 1.68. The van der Waals surface area contributed by atoms with E-state index in [-0.39, 0.29) is 54.8 Å². The number of fused-ring (bicyclic) bond motifs is 1. The third-order valence-electron chi connectivity index (χ3n) is 9.31. The molecule has 4 atom stereocenters. The van der Waals surface area contributed by atoms with Crippen LogP contribution >= 0.6 is 0 Å². The summed E-state index contributed by atoms with van der Waals surface area (Å²) in [6.07, 6.45) is 7.37. The molecule has 0 unspecified atom stereocenters. The number of urea groups is 2. The summed E-state index contributed by atoms with van der Waals surface area (Å²) < 4.78 is 17.8. The van der Waals surface area contributed by atoms with Crippen molar-refractivity contribution in [2.45, 2.75) is 110 Å². The maximum Gasteiger partial charge on any atom is 0.323 e. The van der Waals surface area contributed by atoms with E-state index in [4.69, 9.17) is 14.0 Å². The molecular formula is C35H54N6O7. The Hall–Kier alpha value is -3.84. The van der Waals surface area contributed by atoms with Gasteiger partial charge in [-0.15, -0.1) is 0 Å². The minimum Gasteiger partial charge on any atom is -0.490 e. The third kappa shape index (κ3) is 10.1. The summed E-state index contributed by atoms with van der Waals surface area (Å²) in [5.74, 6) is 0.349. The Morgan fingerprint density at radius 3 is 2.50 bits per heavy atom. The quantitative estimate of drug-likeness (QED) is 0.292. The first-order valence-corrected chi connectivity index (χ1v) is 17.3. The number of hydrogen-bond donors (Lipinski definition) is 4. The van der Waals surface area contributed by atoms with Gasteiger partial charge < -0.3 is 44.9 Å². The molecule has 1 aromatic heterocycles. The molecule has 4 N–H and O–H groups in total. The zero-order valence-electron chi connectivity index (χ0n) is 29.3. The first kappa shape index (κ1) is 37.0. The lowest BCUT2D eigenvalue weighted by molar-refractivity contribution is -0.0123. The van der Waals surface area contributed by atoms with Crippen LogP contribution in [0.15, 0.2) is 22.7 Å². The predicted octanol–water partition coefficient (Wildman–Crippen LogP) is 5.71. The zero-order chi connectivity index (χ0) is 34.8. The Morgan fingerprint density at radius 2 is 1.81 bits per heavy atom. The second-order valence-electron chi connectivity index (χ2n) is 13.5. The molecule has 5 amide bonds. The summed E-state index contributed by atoms with van der Waals surface area (Å²) in [5, 5.41) is 22.8. The Balaban J connectivity index is 1.57. The SMILES string of the molecule is Cc1noc(C)c1NC(=O)Nc1ccc2c(c1)C(=O)N([C@@H](C)CO)C[C@H](C)[C@H](CN(C)C(=O)NC1CCCCC1)OCCCC[C@@H](C)O2. The van der Waals surface area contributed by atoms with Crippen LogP contribution in [0.3, 0.4) is 0 Å². The number of benzene rings is 1. The number of aryl methyl sites for hydroxylation is 2. The summed E-state index contributed by atoms with van der Waals surface area (Å²) in [6, 6.07) is 4.02. The number of carbonyl (C=O) groups is 3. The Labute approximate surface area is 284 Å². The van der Waals surface area contributed by atoms with E-state index in [0.717, 1.165) is 44.9 Å². The van der Waals surface area contributed by atoms with Crippen molar-refractivity contribution >= 4 is 29.3 Å². The van der Waals surface area contributed by atoms with E-state index in [0.29, 0.717) is 41.7 Å². The fraction of sp³-hybridized carbons (Fsp3) is 0.657. The predicted molar refractivity (Wildman–Crippen MR) is 184 cm³/mol. The van der Waals surface area contributed by atoms with Gasteiger partial charge in [-0.2, -0.15) is 0 Å². The number of aliphatic hydroxyl groups excluding tert-OH is 1. The molecule has 1 fully saturated rings. The van der Waals surface area contributed by atoms with Gasteiger partial charge in [0.2, 0.25) is 0 Å². The van der Waals surface area contributed by atoms with Crippen LogP contribution in [0.1, 0.15) is 93.9 Å². The number of ether oxygens (including phenoxy) is 2. The van der Waals surface area contributed by atoms with Gasteiger partial charge >= 0.3 is 12.1 Å². The molecule has 2 aromatic rings. The largest absolute Gasteiger partial charge is 0.490 e. The number of amides is 5. The monoisotopic (exact) mass is 670 g/mol. The van der Waals surface area contributed by atoms with Crippen molar-refractivity contribution < 1.29 is 33.5 Å². The van der Waals surface area contributed by atoms with Gasteiger partial charge in [0, 0.05) is 44.4 Å². The molecule has 2 aliphatic rings. The van der Waals surface area contributed by atoms with Gasteiger partial charge in [0.15, 0.2) is 5.76 Å². The normalized spacial score (nSPS) is 22.1. The van der Waals surface area contributed by atoms with Gasteiger partial charge in [-0.1, -0.05) is 31.3 Å². The molecular weight excluding hydrogens is 616 g/mol. The summed E-state index contributed by atoms with van der Waals surface area (Å²) in [6.45, 7) is 10.1. The number of nitrogens with zero attached hydrogens (tertiary/aromatic N) is 3. The first-order valence-electron chi connectivity index (χ1n) is 17.3. The van der Waals surface area contributed by atoms with Crippen molar-refractivity contribution in [2.75, 3.05) is 44.0 Å². The molecule has 0 spiro atoms. The standard InChI is InChI=1S/C35H54N6O7/c1-22-19-41(23(2)21-42)33(43)29-18-28(36-34(44)38-32-25(4)39-48-26(32)5)15-16-30(29)47-24(3)12-10-11-17-46-31(22)20-40(6)35(45)37-27-13-8-7-9-14-27/h15-16,18,22-24,27,31,42H,7-14,17,19-21H2,1-6H3,(H,37,45)(H2,36,38,44)/t22-,23-,24+,31-/m0/s1. The second kappa shape index (κ2) is 17.5. The highest BCUT2D eigenvalue weighted by Crippen LogP contribution is 2.29. The lowest BCUT2D eigenvalue weighted by Gasteiger charge is -2.36. The Kier molecular flexibility index (Phi) is 13.5. The highest BCUT2D eigenvalue weighted by Gasteiger charge is 2.31. The van der Waals surface area contributed by atoms with E-state index in [2.05, 4.69) is 21.1 Å². The minimum absolute atomic E-state index is 0.118. The van der Waals surface area contributed by atoms with Gasteiger partial charge in [0.05, 0.1) is 30.4 Å². The summed E-state index contributed by atoms with van der Waals surface area (Å²) in [4.78, 5) is 43.7. The van der Waals surface area contributed by atoms with Crippen LogP contribution in [0, 0.1) is 19.8 Å². The lowest BCUT2D eigenvalue weighted by Crippen LogP contribution is -2.50. The van der Waals surface area contributed by atoms with Crippen LogP contribution in [-0.2, 0) is 4.74 Å². The topological polar surface area (TPSA) is 158 Å². The molecule has 1 aliphatic heterocycles. The van der Waals surface area contributed by atoms with Gasteiger partial charge in [-0.05, 0) is 78.0 Å². The molecule has 1 aromatic carbocycles. The highest BCUT2D eigenvalue weighted by molar-refractivity contribution is 6.03. The van der Waals surface area contributed by atoms with Crippen molar-refractivity contribution in [3.05, 3.63) is 35.2 Å². The summed E-state index contributed by atoms with van der Waals surface area (Å²) in [7, 11) is 1.78. The van der Waals surface area contributed by atoms with Crippen molar-refractivity contribution in [1.29, 1.82) is 0 Å². The summed E-state index contributed by atoms with van der Waals surface area (Å²) >= 11 is 0. The minimum atomic E-state index is -0.523. The second-order valence-corrected chi connectivity index (χ2v) is 13.5. The van der Waals surface area contributed by atoms with E-state index in [1.807, 2.05) is 13.8 Å². The fourth-order valence-electron chi connectivity index (χ4n) is 6.28. The fourth-order valence-corrected chi connectivity index (χ4v) is 6.28.